The Morgan fingerprint density at radius 3 is 2.36 bits per heavy atom. The lowest BCUT2D eigenvalue weighted by Gasteiger charge is -2.06. The number of H-pyrrole nitrogens is 1. The minimum Gasteiger partial charge on any atom is -0.492 e. The summed E-state index contributed by atoms with van der Waals surface area (Å²) in [6.07, 6.45) is 0. The van der Waals surface area contributed by atoms with Crippen molar-refractivity contribution >= 4 is 5.91 Å². The number of carbonyl (C=O) groups excluding carboxylic acids is 1. The Hall–Kier alpha value is -3.22. The molecule has 0 atom stereocenters. The largest absolute Gasteiger partial charge is 0.492 e. The Bertz CT molecular complexity index is 846. The van der Waals surface area contributed by atoms with Gasteiger partial charge < -0.3 is 10.1 Å². The van der Waals surface area contributed by atoms with E-state index in [1.54, 1.807) is 18.2 Å². The van der Waals surface area contributed by atoms with Crippen LogP contribution in [0.4, 0.5) is 8.78 Å². The van der Waals surface area contributed by atoms with Crippen molar-refractivity contribution in [3.63, 3.8) is 0 Å². The molecule has 0 radical (unpaired) electrons. The standard InChI is InChI=1S/C18H15F2N3O2/c19-13-3-1-12(2-4-13)16-11-17(23-22-16)18(24)21-9-10-25-15-7-5-14(20)6-8-15/h1-8,11H,9-10H2,(H,21,24)(H,22,23). The highest BCUT2D eigenvalue weighted by Gasteiger charge is 2.10. The predicted molar refractivity (Wildman–Crippen MR) is 88.2 cm³/mol. The monoisotopic (exact) mass is 343 g/mol. The van der Waals surface area contributed by atoms with Crippen LogP contribution in [0.2, 0.25) is 0 Å². The average molecular weight is 343 g/mol. The fourth-order valence-electron chi connectivity index (χ4n) is 2.17. The molecule has 2 N–H and O–H groups in total. The van der Waals surface area contributed by atoms with E-state index in [1.165, 1.54) is 36.4 Å². The molecular formula is C18H15F2N3O2. The minimum atomic E-state index is -0.336. The third-order valence-corrected chi connectivity index (χ3v) is 3.43. The Morgan fingerprint density at radius 2 is 1.68 bits per heavy atom. The van der Waals surface area contributed by atoms with E-state index >= 15 is 0 Å². The molecule has 5 nitrogen and oxygen atoms in total. The first-order valence-corrected chi connectivity index (χ1v) is 7.60. The summed E-state index contributed by atoms with van der Waals surface area (Å²) in [4.78, 5) is 12.1. The molecule has 0 aliphatic rings. The molecule has 1 aromatic heterocycles. The second kappa shape index (κ2) is 7.57. The van der Waals surface area contributed by atoms with E-state index in [4.69, 9.17) is 4.74 Å². The molecule has 2 aromatic carbocycles. The lowest BCUT2D eigenvalue weighted by molar-refractivity contribution is 0.0942. The number of hydrogen-bond acceptors (Lipinski definition) is 3. The number of halogens is 2. The molecule has 128 valence electrons. The van der Waals surface area contributed by atoms with Crippen molar-refractivity contribution in [1.82, 2.24) is 15.5 Å². The Kier molecular flexibility index (Phi) is 5.03. The molecule has 1 heterocycles. The van der Waals surface area contributed by atoms with Crippen LogP contribution in [-0.2, 0) is 0 Å². The topological polar surface area (TPSA) is 67.0 Å². The number of aromatic nitrogens is 2. The predicted octanol–water partition coefficient (Wildman–Crippen LogP) is 3.16. The molecule has 1 amide bonds. The third kappa shape index (κ3) is 4.41. The summed E-state index contributed by atoms with van der Waals surface area (Å²) < 4.78 is 31.1. The highest BCUT2D eigenvalue weighted by Crippen LogP contribution is 2.18. The number of aromatic amines is 1. The maximum Gasteiger partial charge on any atom is 0.269 e. The Balaban J connectivity index is 1.50. The van der Waals surface area contributed by atoms with Gasteiger partial charge in [-0.2, -0.15) is 5.10 Å². The first-order chi connectivity index (χ1) is 12.1. The van der Waals surface area contributed by atoms with Crippen molar-refractivity contribution in [2.24, 2.45) is 0 Å². The van der Waals surface area contributed by atoms with Gasteiger partial charge in [0.05, 0.1) is 12.2 Å². The van der Waals surface area contributed by atoms with Crippen LogP contribution in [0.25, 0.3) is 11.3 Å². The zero-order valence-corrected chi connectivity index (χ0v) is 13.1. The van der Waals surface area contributed by atoms with Gasteiger partial charge in [0.15, 0.2) is 0 Å². The molecule has 0 unspecified atom stereocenters. The van der Waals surface area contributed by atoms with E-state index in [0.29, 0.717) is 22.7 Å². The summed E-state index contributed by atoms with van der Waals surface area (Å²) in [6.45, 7) is 0.525. The number of hydrogen-bond donors (Lipinski definition) is 2. The van der Waals surface area contributed by atoms with Gasteiger partial charge in [0.25, 0.3) is 5.91 Å². The van der Waals surface area contributed by atoms with Gasteiger partial charge in [-0.25, -0.2) is 8.78 Å². The number of nitrogens with zero attached hydrogens (tertiary/aromatic N) is 1. The van der Waals surface area contributed by atoms with Crippen LogP contribution in [0.3, 0.4) is 0 Å². The van der Waals surface area contributed by atoms with Gasteiger partial charge >= 0.3 is 0 Å². The van der Waals surface area contributed by atoms with Crippen LogP contribution >= 0.6 is 0 Å². The first kappa shape index (κ1) is 16.6. The van der Waals surface area contributed by atoms with Crippen LogP contribution < -0.4 is 10.1 Å². The summed E-state index contributed by atoms with van der Waals surface area (Å²) in [5.41, 5.74) is 1.55. The molecule has 0 bridgehead atoms. The van der Waals surface area contributed by atoms with Gasteiger partial charge in [-0.1, -0.05) is 0 Å². The smallest absolute Gasteiger partial charge is 0.269 e. The Labute approximate surface area is 142 Å². The average Bonchev–Trinajstić information content (AvgIpc) is 3.11. The summed E-state index contributed by atoms with van der Waals surface area (Å²) in [5.74, 6) is -0.477. The molecule has 25 heavy (non-hydrogen) atoms. The normalized spacial score (nSPS) is 10.5. The van der Waals surface area contributed by atoms with E-state index in [0.717, 1.165) is 0 Å². The fraction of sp³-hybridized carbons (Fsp3) is 0.111. The van der Waals surface area contributed by atoms with Crippen LogP contribution in [0.1, 0.15) is 10.5 Å². The molecule has 0 saturated carbocycles. The van der Waals surface area contributed by atoms with Crippen molar-refractivity contribution in [2.75, 3.05) is 13.2 Å². The molecule has 0 aliphatic carbocycles. The van der Waals surface area contributed by atoms with Gasteiger partial charge in [-0.05, 0) is 54.6 Å². The summed E-state index contributed by atoms with van der Waals surface area (Å²) in [7, 11) is 0. The highest BCUT2D eigenvalue weighted by molar-refractivity contribution is 5.93. The van der Waals surface area contributed by atoms with E-state index in [1.807, 2.05) is 0 Å². The molecule has 3 rings (SSSR count). The molecule has 0 fully saturated rings. The van der Waals surface area contributed by atoms with Crippen LogP contribution in [0.5, 0.6) is 5.75 Å². The molecule has 0 aliphatic heterocycles. The zero-order chi connectivity index (χ0) is 17.6. The highest BCUT2D eigenvalue weighted by atomic mass is 19.1. The zero-order valence-electron chi connectivity index (χ0n) is 13.1. The van der Waals surface area contributed by atoms with Crippen molar-refractivity contribution < 1.29 is 18.3 Å². The van der Waals surface area contributed by atoms with Gasteiger partial charge in [0.1, 0.15) is 29.7 Å². The van der Waals surface area contributed by atoms with Crippen LogP contribution in [0.15, 0.2) is 54.6 Å². The van der Waals surface area contributed by atoms with Crippen molar-refractivity contribution in [3.8, 4) is 17.0 Å². The van der Waals surface area contributed by atoms with E-state index in [9.17, 15) is 13.6 Å². The third-order valence-electron chi connectivity index (χ3n) is 3.43. The molecule has 0 saturated heterocycles. The SMILES string of the molecule is O=C(NCCOc1ccc(F)cc1)c1cc(-c2ccc(F)cc2)n[nH]1. The maximum atomic E-state index is 12.9. The second-order valence-electron chi connectivity index (χ2n) is 5.23. The summed E-state index contributed by atoms with van der Waals surface area (Å²) in [5, 5.41) is 9.38. The minimum absolute atomic E-state index is 0.246. The van der Waals surface area contributed by atoms with E-state index in [2.05, 4.69) is 15.5 Å². The molecule has 7 heteroatoms. The summed E-state index contributed by atoms with van der Waals surface area (Å²) >= 11 is 0. The summed E-state index contributed by atoms with van der Waals surface area (Å²) in [6, 6.07) is 13.1. The number of rotatable bonds is 6. The van der Waals surface area contributed by atoms with Crippen molar-refractivity contribution in [3.05, 3.63) is 71.9 Å². The number of carbonyl (C=O) groups is 1. The van der Waals surface area contributed by atoms with Crippen molar-refractivity contribution in [1.29, 1.82) is 0 Å². The number of nitrogens with one attached hydrogen (secondary N) is 2. The van der Waals surface area contributed by atoms with E-state index in [-0.39, 0.29) is 30.7 Å². The van der Waals surface area contributed by atoms with Gasteiger partial charge in [-0.15, -0.1) is 0 Å². The van der Waals surface area contributed by atoms with Crippen LogP contribution in [0, 0.1) is 11.6 Å². The number of amides is 1. The van der Waals surface area contributed by atoms with Gasteiger partial charge in [0.2, 0.25) is 0 Å². The lowest BCUT2D eigenvalue weighted by atomic mass is 10.1. The quantitative estimate of drug-likeness (QED) is 0.676. The van der Waals surface area contributed by atoms with Gasteiger partial charge in [0, 0.05) is 5.56 Å². The number of ether oxygens (including phenoxy) is 1. The lowest BCUT2D eigenvalue weighted by Crippen LogP contribution is -2.28. The molecule has 0 spiro atoms. The van der Waals surface area contributed by atoms with Gasteiger partial charge in [-0.3, -0.25) is 9.89 Å². The fourth-order valence-corrected chi connectivity index (χ4v) is 2.17. The van der Waals surface area contributed by atoms with E-state index < -0.39 is 0 Å². The maximum absolute atomic E-state index is 12.9. The first-order valence-electron chi connectivity index (χ1n) is 7.60. The molecule has 3 aromatic rings. The van der Waals surface area contributed by atoms with Crippen LogP contribution in [-0.4, -0.2) is 29.3 Å². The van der Waals surface area contributed by atoms with Crippen molar-refractivity contribution in [2.45, 2.75) is 0 Å². The second-order valence-corrected chi connectivity index (χ2v) is 5.23. The molecular weight excluding hydrogens is 328 g/mol. The number of benzene rings is 2. The Morgan fingerprint density at radius 1 is 1.04 bits per heavy atom.